The molecule has 0 saturated heterocycles. The van der Waals surface area contributed by atoms with Gasteiger partial charge in [0, 0.05) is 0 Å². The van der Waals surface area contributed by atoms with Crippen LogP contribution in [0.3, 0.4) is 0 Å². The van der Waals surface area contributed by atoms with Crippen molar-refractivity contribution in [2.24, 2.45) is 0 Å². The van der Waals surface area contributed by atoms with Gasteiger partial charge in [0.25, 0.3) is 6.16 Å². The summed E-state index contributed by atoms with van der Waals surface area (Å²) in [6.07, 6.45) is 0.849. The van der Waals surface area contributed by atoms with Crippen molar-refractivity contribution in [3.05, 3.63) is 0 Å². The van der Waals surface area contributed by atoms with E-state index in [1.807, 2.05) is 6.92 Å². The monoisotopic (exact) mass is 146 g/mol. The van der Waals surface area contributed by atoms with Crippen LogP contribution in [0.15, 0.2) is 0 Å². The third-order valence-electron chi connectivity index (χ3n) is 0.639. The highest BCUT2D eigenvalue weighted by molar-refractivity contribution is 7.39. The summed E-state index contributed by atoms with van der Waals surface area (Å²) in [5, 5.41) is 8.02. The summed E-state index contributed by atoms with van der Waals surface area (Å²) in [5.41, 5.74) is 0. The molecule has 0 aliphatic rings. The molecule has 0 aromatic carbocycles. The molecule has 0 radical (unpaired) electrons. The molecule has 0 spiro atoms. The molecule has 0 fully saturated rings. The van der Waals surface area contributed by atoms with Gasteiger partial charge in [0.15, 0.2) is 0 Å². The Balaban J connectivity index is 3.19. The van der Waals surface area contributed by atoms with Gasteiger partial charge < -0.3 is 0 Å². The van der Waals surface area contributed by atoms with Crippen molar-refractivity contribution in [2.45, 2.75) is 13.3 Å². The Bertz CT molecular complexity index is 129. The van der Waals surface area contributed by atoms with Gasteiger partial charge in [0.05, 0.1) is 0 Å². The predicted molar refractivity (Wildman–Crippen MR) is 34.3 cm³/mol. The zero-order valence-corrected chi connectivity index (χ0v) is 6.23. The molecule has 0 N–H and O–H groups in total. The molecule has 50 valence electrons. The quantitative estimate of drug-likeness (QED) is 0.567. The van der Waals surface area contributed by atoms with Gasteiger partial charge >= 0.3 is 8.03 Å². The van der Waals surface area contributed by atoms with Gasteiger partial charge in [-0.25, -0.2) is 0 Å². The fourth-order valence-electron chi connectivity index (χ4n) is 0.296. The van der Waals surface area contributed by atoms with E-state index >= 15 is 0 Å². The molecule has 3 nitrogen and oxygen atoms in total. The molecule has 0 amide bonds. The summed E-state index contributed by atoms with van der Waals surface area (Å²) < 4.78 is 15.2. The minimum atomic E-state index is -1.70. The molecule has 0 aliphatic carbocycles. The van der Waals surface area contributed by atoms with E-state index in [4.69, 9.17) is 9.79 Å². The number of nitriles is 1. The minimum Gasteiger partial charge on any atom is -0.193 e. The van der Waals surface area contributed by atoms with Gasteiger partial charge in [-0.2, -0.15) is 5.26 Å². The van der Waals surface area contributed by atoms with Crippen molar-refractivity contribution in [3.63, 3.8) is 0 Å². The van der Waals surface area contributed by atoms with E-state index in [0.717, 1.165) is 6.42 Å². The first-order valence-corrected chi connectivity index (χ1v) is 4.12. The van der Waals surface area contributed by atoms with Crippen molar-refractivity contribution in [2.75, 3.05) is 12.8 Å². The van der Waals surface area contributed by atoms with Crippen molar-refractivity contribution in [3.8, 4) is 6.07 Å². The third kappa shape index (κ3) is 5.42. The van der Waals surface area contributed by atoms with Crippen LogP contribution in [0, 0.1) is 11.3 Å². The maximum absolute atomic E-state index is 10.5. The lowest BCUT2D eigenvalue weighted by Gasteiger charge is -1.80. The molecule has 0 aromatic rings. The second-order valence-corrected chi connectivity index (χ2v) is 2.72. The Morgan fingerprint density at radius 3 is 2.89 bits per heavy atom. The summed E-state index contributed by atoms with van der Waals surface area (Å²) in [6.45, 7) is 2.41. The second-order valence-electron chi connectivity index (χ2n) is 1.48. The minimum absolute atomic E-state index is 0.00926. The van der Waals surface area contributed by atoms with Crippen molar-refractivity contribution < 1.29 is 9.09 Å². The van der Waals surface area contributed by atoms with E-state index in [2.05, 4.69) is 0 Å². The molecule has 4 heteroatoms. The first-order chi connectivity index (χ1) is 4.31. The first-order valence-electron chi connectivity index (χ1n) is 2.75. The van der Waals surface area contributed by atoms with Gasteiger partial charge in [-0.05, 0) is 11.0 Å². The van der Waals surface area contributed by atoms with Crippen LogP contribution < -0.4 is 0 Å². The van der Waals surface area contributed by atoms with E-state index in [9.17, 15) is 4.57 Å². The van der Waals surface area contributed by atoms with Gasteiger partial charge in [-0.3, -0.25) is 0 Å². The van der Waals surface area contributed by atoms with Gasteiger partial charge in [-0.15, -0.1) is 4.52 Å². The molecule has 1 unspecified atom stereocenters. The molecular formula is C5H9NO2P+. The second kappa shape index (κ2) is 5.68. The van der Waals surface area contributed by atoms with Crippen LogP contribution in [0.1, 0.15) is 13.3 Å². The summed E-state index contributed by atoms with van der Waals surface area (Å²) in [6, 6.07) is 1.77. The maximum atomic E-state index is 10.5. The maximum Gasteiger partial charge on any atom is 0.523 e. The van der Waals surface area contributed by atoms with Crippen LogP contribution in [0.25, 0.3) is 0 Å². The fraction of sp³-hybridized carbons (Fsp3) is 0.800. The van der Waals surface area contributed by atoms with Crippen molar-refractivity contribution in [1.29, 1.82) is 5.26 Å². The summed E-state index contributed by atoms with van der Waals surface area (Å²) in [5.74, 6) is 0. The lowest BCUT2D eigenvalue weighted by molar-refractivity contribution is 0.330. The molecular weight excluding hydrogens is 137 g/mol. The van der Waals surface area contributed by atoms with Crippen molar-refractivity contribution >= 4 is 8.03 Å². The van der Waals surface area contributed by atoms with Crippen LogP contribution in [-0.2, 0) is 9.09 Å². The standard InChI is InChI=1S/C5H9NO2P/c1-2-4-8-9(7)5-3-6/h2,4-5H2,1H3/q+1. The highest BCUT2D eigenvalue weighted by atomic mass is 31.1. The third-order valence-corrected chi connectivity index (χ3v) is 1.51. The highest BCUT2D eigenvalue weighted by Crippen LogP contribution is 2.20. The normalized spacial score (nSPS) is 10.4. The molecule has 1 atom stereocenters. The average Bonchev–Trinajstić information content (AvgIpc) is 1.85. The lowest BCUT2D eigenvalue weighted by Crippen LogP contribution is -1.83. The summed E-state index contributed by atoms with van der Waals surface area (Å²) in [7, 11) is -1.70. The molecule has 0 rings (SSSR count). The number of hydrogen-bond donors (Lipinski definition) is 0. The Kier molecular flexibility index (Phi) is 5.40. The van der Waals surface area contributed by atoms with Gasteiger partial charge in [-0.1, -0.05) is 6.92 Å². The predicted octanol–water partition coefficient (Wildman–Crippen LogP) is 1.68. The molecule has 0 bridgehead atoms. The molecule has 0 aromatic heterocycles. The number of nitrogens with zero attached hydrogens (tertiary/aromatic N) is 1. The van der Waals surface area contributed by atoms with Crippen LogP contribution in [0.4, 0.5) is 0 Å². The van der Waals surface area contributed by atoms with E-state index < -0.39 is 8.03 Å². The van der Waals surface area contributed by atoms with E-state index in [0.29, 0.717) is 6.61 Å². The van der Waals surface area contributed by atoms with Crippen LogP contribution >= 0.6 is 8.03 Å². The Morgan fingerprint density at radius 1 is 1.78 bits per heavy atom. The fourth-order valence-corrected chi connectivity index (χ4v) is 0.889. The Hall–Kier alpha value is -0.450. The lowest BCUT2D eigenvalue weighted by atomic mass is 10.5. The highest BCUT2D eigenvalue weighted by Gasteiger charge is 2.14. The van der Waals surface area contributed by atoms with E-state index in [1.165, 1.54) is 0 Å². The van der Waals surface area contributed by atoms with E-state index in [-0.39, 0.29) is 6.16 Å². The Morgan fingerprint density at radius 2 is 2.44 bits per heavy atom. The van der Waals surface area contributed by atoms with Crippen LogP contribution in [0.5, 0.6) is 0 Å². The van der Waals surface area contributed by atoms with Crippen LogP contribution in [-0.4, -0.2) is 12.8 Å². The molecule has 9 heavy (non-hydrogen) atoms. The zero-order chi connectivity index (χ0) is 7.11. The van der Waals surface area contributed by atoms with Gasteiger partial charge in [0.1, 0.15) is 12.7 Å². The number of hydrogen-bond acceptors (Lipinski definition) is 3. The molecule has 0 saturated carbocycles. The first kappa shape index (κ1) is 8.55. The molecule has 0 heterocycles. The van der Waals surface area contributed by atoms with E-state index in [1.54, 1.807) is 6.07 Å². The average molecular weight is 146 g/mol. The number of rotatable bonds is 4. The zero-order valence-electron chi connectivity index (χ0n) is 5.33. The summed E-state index contributed by atoms with van der Waals surface area (Å²) >= 11 is 0. The SMILES string of the molecule is CCCO[P+](=O)CC#N. The largest absolute Gasteiger partial charge is 0.523 e. The smallest absolute Gasteiger partial charge is 0.193 e. The summed E-state index contributed by atoms with van der Waals surface area (Å²) in [4.78, 5) is 0. The van der Waals surface area contributed by atoms with Crippen molar-refractivity contribution in [1.82, 2.24) is 0 Å². The van der Waals surface area contributed by atoms with Gasteiger partial charge in [0.2, 0.25) is 0 Å². The topological polar surface area (TPSA) is 50.1 Å². The molecule has 0 aliphatic heterocycles. The Labute approximate surface area is 55.5 Å². The van der Waals surface area contributed by atoms with Crippen LogP contribution in [0.2, 0.25) is 0 Å².